The molecule has 3 aromatic heterocycles. The summed E-state index contributed by atoms with van der Waals surface area (Å²) in [6.45, 7) is 0. The largest absolute Gasteiger partial charge is 0.257 e. The van der Waals surface area contributed by atoms with Gasteiger partial charge in [-0.05, 0) is 36.0 Å². The van der Waals surface area contributed by atoms with Gasteiger partial charge in [0.25, 0.3) is 0 Å². The van der Waals surface area contributed by atoms with Gasteiger partial charge in [-0.1, -0.05) is 6.07 Å². The van der Waals surface area contributed by atoms with E-state index >= 15 is 0 Å². The van der Waals surface area contributed by atoms with Crippen molar-refractivity contribution in [2.24, 2.45) is 0 Å². The first-order valence-corrected chi connectivity index (χ1v) is 6.54. The highest BCUT2D eigenvalue weighted by molar-refractivity contribution is 7.99. The van der Waals surface area contributed by atoms with E-state index in [1.165, 1.54) is 18.0 Å². The molecule has 6 nitrogen and oxygen atoms in total. The fourth-order valence-corrected chi connectivity index (χ4v) is 2.17. The van der Waals surface area contributed by atoms with Gasteiger partial charge in [0.1, 0.15) is 16.8 Å². The van der Waals surface area contributed by atoms with Crippen molar-refractivity contribution in [3.05, 3.63) is 48.3 Å². The van der Waals surface area contributed by atoms with Gasteiger partial charge in [0.2, 0.25) is 5.16 Å². The summed E-state index contributed by atoms with van der Waals surface area (Å²) in [5.74, 6) is 0.613. The molecule has 0 fully saturated rings. The second-order valence-electron chi connectivity index (χ2n) is 3.78. The van der Waals surface area contributed by atoms with Gasteiger partial charge < -0.3 is 0 Å². The Balaban J connectivity index is 1.79. The minimum Gasteiger partial charge on any atom is -0.257 e. The number of hydrogen-bond donors (Lipinski definition) is 1. The Morgan fingerprint density at radius 1 is 1.15 bits per heavy atom. The summed E-state index contributed by atoms with van der Waals surface area (Å²) in [4.78, 5) is 12.7. The van der Waals surface area contributed by atoms with Crippen molar-refractivity contribution in [3.63, 3.8) is 0 Å². The first-order chi connectivity index (χ1) is 9.85. The lowest BCUT2D eigenvalue weighted by Crippen LogP contribution is -1.84. The number of rotatable bonds is 3. The molecule has 0 radical (unpaired) electrons. The van der Waals surface area contributed by atoms with Crippen LogP contribution in [0.25, 0.3) is 11.5 Å². The van der Waals surface area contributed by atoms with Gasteiger partial charge in [-0.15, -0.1) is 5.10 Å². The molecule has 0 saturated heterocycles. The molecule has 0 aromatic carbocycles. The minimum atomic E-state index is 0.526. The summed E-state index contributed by atoms with van der Waals surface area (Å²) >= 11 is 1.32. The Bertz CT molecular complexity index is 745. The van der Waals surface area contributed by atoms with Gasteiger partial charge in [0, 0.05) is 12.4 Å². The zero-order valence-corrected chi connectivity index (χ0v) is 11.0. The number of H-pyrrole nitrogens is 1. The van der Waals surface area contributed by atoms with E-state index < -0.39 is 0 Å². The summed E-state index contributed by atoms with van der Waals surface area (Å²) in [5.41, 5.74) is 1.26. The lowest BCUT2D eigenvalue weighted by atomic mass is 10.3. The Labute approximate surface area is 118 Å². The van der Waals surface area contributed by atoms with E-state index in [1.54, 1.807) is 18.3 Å². The quantitative estimate of drug-likeness (QED) is 0.791. The molecule has 3 aromatic rings. The number of aromatic amines is 1. The van der Waals surface area contributed by atoms with Crippen LogP contribution in [0.5, 0.6) is 0 Å². The van der Waals surface area contributed by atoms with Crippen molar-refractivity contribution < 1.29 is 0 Å². The van der Waals surface area contributed by atoms with Crippen LogP contribution in [0, 0.1) is 11.3 Å². The Morgan fingerprint density at radius 2 is 2.10 bits per heavy atom. The molecule has 0 unspecified atom stereocenters. The second-order valence-corrected chi connectivity index (χ2v) is 4.77. The third-order valence-corrected chi connectivity index (χ3v) is 3.25. The molecule has 0 aliphatic rings. The van der Waals surface area contributed by atoms with Crippen molar-refractivity contribution in [3.8, 4) is 17.6 Å². The molecule has 0 atom stereocenters. The number of pyridine rings is 2. The molecule has 0 spiro atoms. The monoisotopic (exact) mass is 280 g/mol. The highest BCUT2D eigenvalue weighted by Crippen LogP contribution is 2.24. The van der Waals surface area contributed by atoms with Gasteiger partial charge in [0.05, 0.1) is 5.56 Å². The molecule has 1 N–H and O–H groups in total. The summed E-state index contributed by atoms with van der Waals surface area (Å²) in [6, 6.07) is 11.1. The lowest BCUT2D eigenvalue weighted by Gasteiger charge is -1.95. The number of aromatic nitrogens is 5. The fourth-order valence-electron chi connectivity index (χ4n) is 1.51. The van der Waals surface area contributed by atoms with Gasteiger partial charge >= 0.3 is 0 Å². The van der Waals surface area contributed by atoms with Crippen LogP contribution in [0.3, 0.4) is 0 Å². The number of nitriles is 1. The third kappa shape index (κ3) is 2.65. The average Bonchev–Trinajstić information content (AvgIpc) is 2.97. The van der Waals surface area contributed by atoms with Crippen LogP contribution >= 0.6 is 11.8 Å². The highest BCUT2D eigenvalue weighted by Gasteiger charge is 2.08. The standard InChI is InChI=1S/C13H8N6S/c14-7-9-4-5-11(16-8-9)20-13-17-12(18-19-13)10-3-1-2-6-15-10/h1-6,8H,(H,17,18,19). The molecule has 0 aliphatic heterocycles. The van der Waals surface area contributed by atoms with E-state index in [9.17, 15) is 0 Å². The molecule has 0 amide bonds. The SMILES string of the molecule is N#Cc1ccc(Sc2n[nH]c(-c3ccccn3)n2)nc1. The van der Waals surface area contributed by atoms with Crippen LogP contribution < -0.4 is 0 Å². The van der Waals surface area contributed by atoms with Gasteiger partial charge in [-0.3, -0.25) is 10.1 Å². The summed E-state index contributed by atoms with van der Waals surface area (Å²) in [5, 5.41) is 17.0. The van der Waals surface area contributed by atoms with E-state index in [0.29, 0.717) is 16.5 Å². The van der Waals surface area contributed by atoms with Gasteiger partial charge in [-0.25, -0.2) is 4.98 Å². The molecule has 3 rings (SSSR count). The second kappa shape index (κ2) is 5.50. The molecule has 0 aliphatic carbocycles. The lowest BCUT2D eigenvalue weighted by molar-refractivity contribution is 0.967. The molecular formula is C13H8N6S. The van der Waals surface area contributed by atoms with Crippen LogP contribution in [-0.4, -0.2) is 25.1 Å². The van der Waals surface area contributed by atoms with Crippen molar-refractivity contribution in [1.29, 1.82) is 5.26 Å². The van der Waals surface area contributed by atoms with Gasteiger partial charge in [-0.2, -0.15) is 10.2 Å². The Kier molecular flexibility index (Phi) is 3.39. The summed E-state index contributed by atoms with van der Waals surface area (Å²) in [6.07, 6.45) is 3.22. The van der Waals surface area contributed by atoms with Crippen molar-refractivity contribution in [2.45, 2.75) is 10.2 Å². The average molecular weight is 280 g/mol. The smallest absolute Gasteiger partial charge is 0.215 e. The molecule has 20 heavy (non-hydrogen) atoms. The first-order valence-electron chi connectivity index (χ1n) is 5.73. The van der Waals surface area contributed by atoms with Crippen molar-refractivity contribution in [2.75, 3.05) is 0 Å². The maximum atomic E-state index is 8.71. The van der Waals surface area contributed by atoms with Crippen molar-refractivity contribution >= 4 is 11.8 Å². The molecule has 0 saturated carbocycles. The van der Waals surface area contributed by atoms with E-state index in [2.05, 4.69) is 25.1 Å². The van der Waals surface area contributed by atoms with Crippen LogP contribution in [0.1, 0.15) is 5.56 Å². The van der Waals surface area contributed by atoms with Crippen molar-refractivity contribution in [1.82, 2.24) is 25.1 Å². The van der Waals surface area contributed by atoms with E-state index in [1.807, 2.05) is 24.3 Å². The third-order valence-electron chi connectivity index (χ3n) is 2.43. The topological polar surface area (TPSA) is 91.1 Å². The first kappa shape index (κ1) is 12.3. The fraction of sp³-hybridized carbons (Fsp3) is 0. The predicted molar refractivity (Wildman–Crippen MR) is 72.7 cm³/mol. The normalized spacial score (nSPS) is 10.2. The molecular weight excluding hydrogens is 272 g/mol. The van der Waals surface area contributed by atoms with E-state index in [0.717, 1.165) is 10.7 Å². The minimum absolute atomic E-state index is 0.526. The highest BCUT2D eigenvalue weighted by atomic mass is 32.2. The van der Waals surface area contributed by atoms with Crippen LogP contribution in [-0.2, 0) is 0 Å². The molecule has 96 valence electrons. The number of nitrogens with zero attached hydrogens (tertiary/aromatic N) is 5. The number of hydrogen-bond acceptors (Lipinski definition) is 6. The van der Waals surface area contributed by atoms with Crippen LogP contribution in [0.4, 0.5) is 0 Å². The maximum absolute atomic E-state index is 8.71. The Hall–Kier alpha value is -2.72. The van der Waals surface area contributed by atoms with Gasteiger partial charge in [0.15, 0.2) is 5.82 Å². The Morgan fingerprint density at radius 3 is 2.80 bits per heavy atom. The molecule has 7 heteroatoms. The maximum Gasteiger partial charge on any atom is 0.215 e. The molecule has 0 bridgehead atoms. The summed E-state index contributed by atoms with van der Waals surface area (Å²) in [7, 11) is 0. The van der Waals surface area contributed by atoms with E-state index in [4.69, 9.17) is 5.26 Å². The summed E-state index contributed by atoms with van der Waals surface area (Å²) < 4.78 is 0. The van der Waals surface area contributed by atoms with Crippen LogP contribution in [0.15, 0.2) is 52.9 Å². The zero-order valence-electron chi connectivity index (χ0n) is 10.2. The zero-order chi connectivity index (χ0) is 13.8. The van der Waals surface area contributed by atoms with Crippen LogP contribution in [0.2, 0.25) is 0 Å². The van der Waals surface area contributed by atoms with E-state index in [-0.39, 0.29) is 0 Å². The molecule has 3 heterocycles. The predicted octanol–water partition coefficient (Wildman–Crippen LogP) is 2.28. The number of nitrogens with one attached hydrogen (secondary N) is 1.